The highest BCUT2D eigenvalue weighted by atomic mass is 16.6. The third kappa shape index (κ3) is 6.16. The van der Waals surface area contributed by atoms with Gasteiger partial charge in [0.2, 0.25) is 0 Å². The molecule has 0 radical (unpaired) electrons. The Bertz CT molecular complexity index is 966. The van der Waals surface area contributed by atoms with Gasteiger partial charge in [-0.15, -0.1) is 0 Å². The number of aromatic nitrogens is 3. The van der Waals surface area contributed by atoms with Crippen LogP contribution >= 0.6 is 0 Å². The van der Waals surface area contributed by atoms with Crippen molar-refractivity contribution in [3.8, 4) is 11.3 Å². The van der Waals surface area contributed by atoms with Crippen LogP contribution in [0.3, 0.4) is 0 Å². The zero-order valence-electron chi connectivity index (χ0n) is 16.6. The van der Waals surface area contributed by atoms with Crippen LogP contribution in [0.4, 0.5) is 11.5 Å². The number of carbonyl (C=O) groups is 1. The van der Waals surface area contributed by atoms with E-state index in [1.54, 1.807) is 24.8 Å². The second-order valence-corrected chi connectivity index (χ2v) is 6.16. The summed E-state index contributed by atoms with van der Waals surface area (Å²) in [5.74, 6) is 0.754. The van der Waals surface area contributed by atoms with Gasteiger partial charge in [0.25, 0.3) is 0 Å². The standard InChI is InChI=1S/C21H23N7O2/c1-30-26-11-10-24-20(15-29)27-19-7-6-18(17-5-3-9-23-14-17)28-21(19)25-13-16-4-2-8-22-12-16/h2-9,12,14-15,26H,10-11,13H2,1H3,(H,24,27)(H,25,28). The summed E-state index contributed by atoms with van der Waals surface area (Å²) in [6.07, 6.45) is 7.64. The molecule has 0 unspecified atom stereocenters. The number of aldehydes is 1. The fourth-order valence-electron chi connectivity index (χ4n) is 2.62. The van der Waals surface area contributed by atoms with E-state index >= 15 is 0 Å². The third-order valence-corrected chi connectivity index (χ3v) is 4.04. The van der Waals surface area contributed by atoms with E-state index in [4.69, 9.17) is 9.82 Å². The molecule has 0 aromatic carbocycles. The molecule has 0 fully saturated rings. The van der Waals surface area contributed by atoms with Gasteiger partial charge in [-0.25, -0.2) is 15.5 Å². The molecule has 0 amide bonds. The van der Waals surface area contributed by atoms with Crippen LogP contribution in [0.1, 0.15) is 5.56 Å². The molecular weight excluding hydrogens is 382 g/mol. The Hall–Kier alpha value is -3.69. The van der Waals surface area contributed by atoms with Crippen LogP contribution in [0.2, 0.25) is 0 Å². The fourth-order valence-corrected chi connectivity index (χ4v) is 2.62. The molecule has 0 saturated carbocycles. The van der Waals surface area contributed by atoms with Crippen LogP contribution in [-0.2, 0) is 16.2 Å². The van der Waals surface area contributed by atoms with E-state index in [1.807, 2.05) is 36.4 Å². The molecular formula is C21H23N7O2. The summed E-state index contributed by atoms with van der Waals surface area (Å²) in [6, 6.07) is 11.3. The Balaban J connectivity index is 1.86. The highest BCUT2D eigenvalue weighted by molar-refractivity contribution is 6.27. The number of anilines is 1. The molecule has 3 aromatic rings. The largest absolute Gasteiger partial charge is 0.366 e. The van der Waals surface area contributed by atoms with Crippen molar-refractivity contribution < 1.29 is 9.63 Å². The second-order valence-electron chi connectivity index (χ2n) is 6.16. The predicted octanol–water partition coefficient (Wildman–Crippen LogP) is 2.12. The lowest BCUT2D eigenvalue weighted by Crippen LogP contribution is -2.32. The van der Waals surface area contributed by atoms with Gasteiger partial charge in [0.1, 0.15) is 5.69 Å². The van der Waals surface area contributed by atoms with Crippen molar-refractivity contribution in [1.82, 2.24) is 25.7 Å². The maximum absolute atomic E-state index is 11.4. The first-order valence-corrected chi connectivity index (χ1v) is 9.38. The molecule has 3 aromatic heterocycles. The lowest BCUT2D eigenvalue weighted by atomic mass is 10.2. The average molecular weight is 405 g/mol. The van der Waals surface area contributed by atoms with Crippen molar-refractivity contribution >= 4 is 23.6 Å². The Kier molecular flexibility index (Phi) is 7.95. The highest BCUT2D eigenvalue weighted by Gasteiger charge is 2.09. The summed E-state index contributed by atoms with van der Waals surface area (Å²) < 4.78 is 0. The quantitative estimate of drug-likeness (QED) is 0.155. The fraction of sp³-hybridized carbons (Fsp3) is 0.190. The van der Waals surface area contributed by atoms with E-state index in [2.05, 4.69) is 31.1 Å². The molecule has 0 aliphatic heterocycles. The number of aliphatic imine (C=N–C) groups is 1. The van der Waals surface area contributed by atoms with Gasteiger partial charge in [0.15, 0.2) is 17.9 Å². The molecule has 3 N–H and O–H groups in total. The number of hydrogen-bond acceptors (Lipinski definition) is 8. The van der Waals surface area contributed by atoms with E-state index in [0.29, 0.717) is 37.4 Å². The predicted molar refractivity (Wildman–Crippen MR) is 115 cm³/mol. The van der Waals surface area contributed by atoms with Crippen molar-refractivity contribution in [1.29, 1.82) is 0 Å². The number of rotatable bonds is 10. The van der Waals surface area contributed by atoms with Crippen LogP contribution in [-0.4, -0.2) is 47.3 Å². The Morgan fingerprint density at radius 3 is 2.63 bits per heavy atom. The SMILES string of the molecule is CONCCN/C(C=O)=N/c1ccc(-c2cccnc2)nc1NCc1cccnc1. The summed E-state index contributed by atoms with van der Waals surface area (Å²) in [7, 11) is 1.53. The van der Waals surface area contributed by atoms with Gasteiger partial charge in [-0.3, -0.25) is 14.8 Å². The Labute approximate surface area is 174 Å². The number of nitrogens with zero attached hydrogens (tertiary/aromatic N) is 4. The molecule has 30 heavy (non-hydrogen) atoms. The lowest BCUT2D eigenvalue weighted by Gasteiger charge is -2.12. The zero-order valence-corrected chi connectivity index (χ0v) is 16.6. The van der Waals surface area contributed by atoms with Crippen LogP contribution in [0.15, 0.2) is 66.2 Å². The van der Waals surface area contributed by atoms with Crippen LogP contribution in [0.25, 0.3) is 11.3 Å². The summed E-state index contributed by atoms with van der Waals surface area (Å²) in [5, 5.41) is 6.25. The molecule has 0 atom stereocenters. The molecule has 9 heteroatoms. The smallest absolute Gasteiger partial charge is 0.185 e. The first-order valence-electron chi connectivity index (χ1n) is 9.38. The minimum Gasteiger partial charge on any atom is -0.366 e. The second kappa shape index (κ2) is 11.3. The number of carbonyl (C=O) groups excluding carboxylic acids is 1. The maximum Gasteiger partial charge on any atom is 0.185 e. The zero-order chi connectivity index (χ0) is 21.0. The minimum atomic E-state index is 0.202. The number of hydroxylamine groups is 1. The normalized spacial score (nSPS) is 11.2. The molecule has 0 bridgehead atoms. The molecule has 9 nitrogen and oxygen atoms in total. The summed E-state index contributed by atoms with van der Waals surface area (Å²) in [6.45, 7) is 1.51. The van der Waals surface area contributed by atoms with Crippen molar-refractivity contribution in [3.05, 3.63) is 66.7 Å². The topological polar surface area (TPSA) is 113 Å². The molecule has 0 aliphatic rings. The van der Waals surface area contributed by atoms with Crippen LogP contribution < -0.4 is 16.1 Å². The van der Waals surface area contributed by atoms with Crippen molar-refractivity contribution in [2.45, 2.75) is 6.54 Å². The van der Waals surface area contributed by atoms with Gasteiger partial charge in [-0.05, 0) is 35.9 Å². The first kappa shape index (κ1) is 21.0. The summed E-state index contributed by atoms with van der Waals surface area (Å²) >= 11 is 0. The Morgan fingerprint density at radius 2 is 1.93 bits per heavy atom. The van der Waals surface area contributed by atoms with Crippen LogP contribution in [0, 0.1) is 0 Å². The van der Waals surface area contributed by atoms with Gasteiger partial charge in [0, 0.05) is 50.0 Å². The van der Waals surface area contributed by atoms with Gasteiger partial charge in [-0.2, -0.15) is 0 Å². The molecule has 0 aliphatic carbocycles. The monoisotopic (exact) mass is 405 g/mol. The highest BCUT2D eigenvalue weighted by Crippen LogP contribution is 2.27. The first-order chi connectivity index (χ1) is 14.8. The van der Waals surface area contributed by atoms with E-state index in [9.17, 15) is 4.79 Å². The third-order valence-electron chi connectivity index (χ3n) is 4.04. The summed E-state index contributed by atoms with van der Waals surface area (Å²) in [4.78, 5) is 33.6. The van der Waals surface area contributed by atoms with Crippen molar-refractivity contribution in [2.75, 3.05) is 25.5 Å². The molecule has 0 spiro atoms. The number of nitrogens with one attached hydrogen (secondary N) is 3. The van der Waals surface area contributed by atoms with Gasteiger partial charge >= 0.3 is 0 Å². The average Bonchev–Trinajstić information content (AvgIpc) is 2.81. The van der Waals surface area contributed by atoms with Gasteiger partial charge < -0.3 is 15.5 Å². The van der Waals surface area contributed by atoms with Crippen molar-refractivity contribution in [3.63, 3.8) is 0 Å². The molecule has 3 rings (SSSR count). The van der Waals surface area contributed by atoms with E-state index in [1.165, 1.54) is 7.11 Å². The molecule has 3 heterocycles. The minimum absolute atomic E-state index is 0.202. The van der Waals surface area contributed by atoms with E-state index in [0.717, 1.165) is 16.8 Å². The Morgan fingerprint density at radius 1 is 1.10 bits per heavy atom. The lowest BCUT2D eigenvalue weighted by molar-refractivity contribution is -0.102. The number of pyridine rings is 3. The number of hydrogen-bond donors (Lipinski definition) is 3. The van der Waals surface area contributed by atoms with E-state index in [-0.39, 0.29) is 5.84 Å². The van der Waals surface area contributed by atoms with Gasteiger partial charge in [0.05, 0.1) is 12.8 Å². The molecule has 154 valence electrons. The van der Waals surface area contributed by atoms with E-state index < -0.39 is 0 Å². The summed E-state index contributed by atoms with van der Waals surface area (Å²) in [5.41, 5.74) is 5.88. The maximum atomic E-state index is 11.4. The van der Waals surface area contributed by atoms with Gasteiger partial charge in [-0.1, -0.05) is 6.07 Å². The number of amidine groups is 1. The van der Waals surface area contributed by atoms with Crippen molar-refractivity contribution in [2.24, 2.45) is 4.99 Å². The molecule has 0 saturated heterocycles. The van der Waals surface area contributed by atoms with Crippen LogP contribution in [0.5, 0.6) is 0 Å².